The third kappa shape index (κ3) is 14.9. The minimum absolute atomic E-state index is 0. The zero-order chi connectivity index (χ0) is 17.7. The Morgan fingerprint density at radius 2 is 1.32 bits per heavy atom. The Hall–Kier alpha value is 0.0731. The van der Waals surface area contributed by atoms with Crippen LogP contribution < -0.4 is 10.0 Å². The van der Waals surface area contributed by atoms with Gasteiger partial charge >= 0.3 is 26.2 Å². The van der Waals surface area contributed by atoms with Crippen LogP contribution in [-0.4, -0.2) is 12.9 Å². The molecule has 1 nitrogen and oxygen atoms in total. The van der Waals surface area contributed by atoms with E-state index in [2.05, 4.69) is 32.6 Å². The van der Waals surface area contributed by atoms with Crippen molar-refractivity contribution in [2.24, 2.45) is 5.41 Å². The second-order valence-electron chi connectivity index (χ2n) is 7.61. The summed E-state index contributed by atoms with van der Waals surface area (Å²) in [6.07, 6.45) is 15.0. The fourth-order valence-electron chi connectivity index (χ4n) is 2.62. The van der Waals surface area contributed by atoms with Crippen molar-refractivity contribution in [2.75, 3.05) is 7.11 Å². The molecule has 3 heteroatoms. The molecular weight excluding hydrogens is 402 g/mol. The molecular formula is C22H35OPZr+2. The molecule has 25 heavy (non-hydrogen) atoms. The van der Waals surface area contributed by atoms with Gasteiger partial charge in [0, 0.05) is 5.75 Å². The summed E-state index contributed by atoms with van der Waals surface area (Å²) in [5.41, 5.74) is 0.123. The van der Waals surface area contributed by atoms with Crippen LogP contribution in [-0.2, 0) is 26.2 Å². The van der Waals surface area contributed by atoms with Crippen LogP contribution in [0.4, 0.5) is 0 Å². The quantitative estimate of drug-likeness (QED) is 0.370. The first-order valence-electron chi connectivity index (χ1n) is 9.55. The Kier molecular flexibility index (Phi) is 15.2. The number of ether oxygens (including phenoxy) is 1. The van der Waals surface area contributed by atoms with E-state index in [0.717, 1.165) is 19.3 Å². The van der Waals surface area contributed by atoms with Crippen molar-refractivity contribution < 1.29 is 30.9 Å². The first-order chi connectivity index (χ1) is 11.5. The molecule has 0 saturated heterocycles. The van der Waals surface area contributed by atoms with Crippen LogP contribution >= 0.6 is 8.20 Å². The minimum atomic E-state index is 0. The molecule has 1 aromatic carbocycles. The van der Waals surface area contributed by atoms with Gasteiger partial charge in [-0.15, -0.1) is 17.4 Å². The minimum Gasteiger partial charge on any atom is -0.523 e. The second-order valence-corrected chi connectivity index (χ2v) is 8.54. The molecule has 0 aromatic heterocycles. The molecule has 0 radical (unpaired) electrons. The van der Waals surface area contributed by atoms with Gasteiger partial charge in [0.05, 0.1) is 7.11 Å². The molecule has 0 heterocycles. The van der Waals surface area contributed by atoms with Gasteiger partial charge in [-0.2, -0.15) is 17.5 Å². The van der Waals surface area contributed by atoms with Crippen molar-refractivity contribution in [3.05, 3.63) is 24.3 Å². The molecule has 0 amide bonds. The first-order valence-corrected chi connectivity index (χ1v) is 10.4. The molecule has 2 aliphatic carbocycles. The molecule has 0 aliphatic heterocycles. The van der Waals surface area contributed by atoms with E-state index >= 15 is 0 Å². The van der Waals surface area contributed by atoms with E-state index < -0.39 is 0 Å². The van der Waals surface area contributed by atoms with Gasteiger partial charge in [0.2, 0.25) is 0 Å². The molecule has 136 valence electrons. The first kappa shape index (κ1) is 25.1. The van der Waals surface area contributed by atoms with Crippen LogP contribution in [0.1, 0.15) is 85.0 Å². The summed E-state index contributed by atoms with van der Waals surface area (Å²) < 4.78 is 5.10. The van der Waals surface area contributed by atoms with Crippen molar-refractivity contribution in [3.63, 3.8) is 0 Å². The van der Waals surface area contributed by atoms with Crippen LogP contribution in [0.2, 0.25) is 0 Å². The Morgan fingerprint density at radius 1 is 0.880 bits per heavy atom. The van der Waals surface area contributed by atoms with Crippen molar-refractivity contribution in [1.29, 1.82) is 0 Å². The van der Waals surface area contributed by atoms with Crippen LogP contribution in [0.15, 0.2) is 18.2 Å². The van der Waals surface area contributed by atoms with Gasteiger partial charge in [0.25, 0.3) is 0 Å². The van der Waals surface area contributed by atoms with E-state index in [4.69, 9.17) is 4.74 Å². The third-order valence-electron chi connectivity index (χ3n) is 3.98. The SMILES string of the molecule is C1CCCC1.C1CCCC1.COc1[c-]c(P=[C-]C(C)(C)C)ccc1.[Zr+4]. The summed E-state index contributed by atoms with van der Waals surface area (Å²) in [5.74, 6) is 4.16. The van der Waals surface area contributed by atoms with Crippen LogP contribution in [0.25, 0.3) is 0 Å². The monoisotopic (exact) mass is 436 g/mol. The van der Waals surface area contributed by atoms with E-state index in [1.165, 1.54) is 64.2 Å². The number of hydrogen-bond acceptors (Lipinski definition) is 1. The Morgan fingerprint density at radius 3 is 1.68 bits per heavy atom. The summed E-state index contributed by atoms with van der Waals surface area (Å²) in [7, 11) is 2.73. The van der Waals surface area contributed by atoms with Gasteiger partial charge in [-0.1, -0.05) is 85.0 Å². The Balaban J connectivity index is 0.000000425. The van der Waals surface area contributed by atoms with E-state index in [-0.39, 0.29) is 31.6 Å². The normalized spacial score (nSPS) is 16.3. The summed E-state index contributed by atoms with van der Waals surface area (Å²) in [5, 5.41) is 1.10. The maximum Gasteiger partial charge on any atom is 4.00 e. The van der Waals surface area contributed by atoms with Crippen molar-refractivity contribution in [3.8, 4) is 5.75 Å². The topological polar surface area (TPSA) is 9.23 Å². The van der Waals surface area contributed by atoms with Gasteiger partial charge in [-0.25, -0.2) is 0 Å². The van der Waals surface area contributed by atoms with E-state index in [1.807, 2.05) is 18.2 Å². The smallest absolute Gasteiger partial charge is 0.523 e. The third-order valence-corrected chi connectivity index (χ3v) is 5.27. The van der Waals surface area contributed by atoms with Gasteiger partial charge < -0.3 is 18.7 Å². The molecule has 2 aliphatic rings. The fourth-order valence-corrected chi connectivity index (χ4v) is 3.40. The second kappa shape index (κ2) is 15.2. The molecule has 0 unspecified atom stereocenters. The maximum atomic E-state index is 5.10. The summed E-state index contributed by atoms with van der Waals surface area (Å²) in [6.45, 7) is 6.42. The molecule has 0 N–H and O–H groups in total. The van der Waals surface area contributed by atoms with Gasteiger partial charge in [0.15, 0.2) is 0 Å². The summed E-state index contributed by atoms with van der Waals surface area (Å²) in [6, 6.07) is 9.07. The number of hydrogen-bond donors (Lipinski definition) is 0. The van der Waals surface area contributed by atoms with Crippen LogP contribution in [0, 0.1) is 11.5 Å². The van der Waals surface area contributed by atoms with Crippen molar-refractivity contribution >= 4 is 19.3 Å². The maximum absolute atomic E-state index is 5.10. The van der Waals surface area contributed by atoms with Crippen molar-refractivity contribution in [2.45, 2.75) is 85.0 Å². The van der Waals surface area contributed by atoms with Crippen LogP contribution in [0.3, 0.4) is 0 Å². The average Bonchev–Trinajstić information content (AvgIpc) is 3.30. The Labute approximate surface area is 177 Å². The molecule has 0 atom stereocenters. The average molecular weight is 438 g/mol. The molecule has 0 spiro atoms. The molecule has 3 rings (SSSR count). The standard InChI is InChI=1S/C12H15OP.2C5H10.Zr/c1-12(2,3)9-14-11-7-5-6-10(8-11)13-4;2*1-2-4-5-3-1;/h5-7H,1-4H3;2*1-5H2;/q-2;;;+4. The molecule has 0 bridgehead atoms. The molecule has 2 saturated carbocycles. The summed E-state index contributed by atoms with van der Waals surface area (Å²) >= 11 is 0. The summed E-state index contributed by atoms with van der Waals surface area (Å²) in [4.78, 5) is 0. The largest absolute Gasteiger partial charge is 4.00 e. The van der Waals surface area contributed by atoms with E-state index in [0.29, 0.717) is 0 Å². The Bertz CT molecular complexity index is 432. The number of rotatable bonds is 2. The predicted molar refractivity (Wildman–Crippen MR) is 109 cm³/mol. The van der Waals surface area contributed by atoms with Gasteiger partial charge in [-0.05, 0) is 0 Å². The number of benzene rings is 1. The zero-order valence-electron chi connectivity index (χ0n) is 16.7. The van der Waals surface area contributed by atoms with Crippen molar-refractivity contribution in [1.82, 2.24) is 0 Å². The van der Waals surface area contributed by atoms with Gasteiger partial charge in [-0.3, -0.25) is 0 Å². The number of methoxy groups -OCH3 is 1. The fraction of sp³-hybridized carbons (Fsp3) is 0.682. The van der Waals surface area contributed by atoms with Crippen LogP contribution in [0.5, 0.6) is 5.75 Å². The zero-order valence-corrected chi connectivity index (χ0v) is 20.0. The molecule has 1 aromatic rings. The van der Waals surface area contributed by atoms with Gasteiger partial charge in [0.1, 0.15) is 0 Å². The van der Waals surface area contributed by atoms with E-state index in [1.54, 1.807) is 7.11 Å². The predicted octanol–water partition coefficient (Wildman–Crippen LogP) is 6.69. The van der Waals surface area contributed by atoms with E-state index in [9.17, 15) is 0 Å². The molecule has 2 fully saturated rings.